The Labute approximate surface area is 90.5 Å². The van der Waals surface area contributed by atoms with Gasteiger partial charge in [0.15, 0.2) is 0 Å². The van der Waals surface area contributed by atoms with Crippen molar-refractivity contribution in [2.75, 3.05) is 0 Å². The van der Waals surface area contributed by atoms with Gasteiger partial charge in [0.25, 0.3) is 0 Å². The molecule has 0 aliphatic heterocycles. The fourth-order valence-electron chi connectivity index (χ4n) is 1.68. The third-order valence-electron chi connectivity index (χ3n) is 2.69. The standard InChI is InChI=1S/C12H16ClN/c1-2-12(14-11-7-8-11)9-3-5-10(13)6-4-9/h3-6,11-12,14H,2,7-8H2,1H3/t12-/m1/s1. The van der Waals surface area contributed by atoms with Gasteiger partial charge < -0.3 is 5.32 Å². The Bertz CT molecular complexity index is 290. The summed E-state index contributed by atoms with van der Waals surface area (Å²) in [7, 11) is 0. The molecule has 1 nitrogen and oxygen atoms in total. The molecule has 1 aliphatic rings. The minimum atomic E-state index is 0.500. The molecule has 1 aliphatic carbocycles. The van der Waals surface area contributed by atoms with Gasteiger partial charge in [-0.1, -0.05) is 30.7 Å². The molecule has 2 heteroatoms. The van der Waals surface area contributed by atoms with Crippen molar-refractivity contribution in [3.05, 3.63) is 34.9 Å². The monoisotopic (exact) mass is 209 g/mol. The van der Waals surface area contributed by atoms with Crippen LogP contribution in [0.2, 0.25) is 5.02 Å². The highest BCUT2D eigenvalue weighted by Crippen LogP contribution is 2.26. The Balaban J connectivity index is 2.05. The molecule has 0 spiro atoms. The smallest absolute Gasteiger partial charge is 0.0406 e. The van der Waals surface area contributed by atoms with E-state index in [-0.39, 0.29) is 0 Å². The summed E-state index contributed by atoms with van der Waals surface area (Å²) in [4.78, 5) is 0. The van der Waals surface area contributed by atoms with E-state index in [4.69, 9.17) is 11.6 Å². The molecular weight excluding hydrogens is 194 g/mol. The van der Waals surface area contributed by atoms with Gasteiger partial charge in [0.05, 0.1) is 0 Å². The topological polar surface area (TPSA) is 12.0 Å². The number of halogens is 1. The van der Waals surface area contributed by atoms with Gasteiger partial charge in [-0.05, 0) is 37.0 Å². The van der Waals surface area contributed by atoms with Crippen LogP contribution in [0.3, 0.4) is 0 Å². The van der Waals surface area contributed by atoms with Crippen LogP contribution in [0.5, 0.6) is 0 Å². The second-order valence-corrected chi connectivity index (χ2v) is 4.39. The number of benzene rings is 1. The van der Waals surface area contributed by atoms with Crippen molar-refractivity contribution in [1.29, 1.82) is 0 Å². The van der Waals surface area contributed by atoms with Crippen LogP contribution >= 0.6 is 11.6 Å². The van der Waals surface area contributed by atoms with Crippen molar-refractivity contribution < 1.29 is 0 Å². The molecule has 1 saturated carbocycles. The molecule has 1 aromatic rings. The summed E-state index contributed by atoms with van der Waals surface area (Å²) in [6, 6.07) is 9.43. The van der Waals surface area contributed by atoms with Crippen LogP contribution in [0, 0.1) is 0 Å². The summed E-state index contributed by atoms with van der Waals surface area (Å²) < 4.78 is 0. The Kier molecular flexibility index (Phi) is 3.09. The van der Waals surface area contributed by atoms with E-state index in [0.717, 1.165) is 17.5 Å². The lowest BCUT2D eigenvalue weighted by Crippen LogP contribution is -2.22. The minimum Gasteiger partial charge on any atom is -0.307 e. The fourth-order valence-corrected chi connectivity index (χ4v) is 1.81. The zero-order chi connectivity index (χ0) is 9.97. The second-order valence-electron chi connectivity index (χ2n) is 3.95. The normalized spacial score (nSPS) is 18.1. The van der Waals surface area contributed by atoms with E-state index < -0.39 is 0 Å². The molecule has 14 heavy (non-hydrogen) atoms. The first-order valence-corrected chi connectivity index (χ1v) is 5.69. The number of nitrogens with one attached hydrogen (secondary N) is 1. The van der Waals surface area contributed by atoms with Crippen molar-refractivity contribution in [2.45, 2.75) is 38.3 Å². The quantitative estimate of drug-likeness (QED) is 0.800. The lowest BCUT2D eigenvalue weighted by Gasteiger charge is -2.16. The molecule has 1 aromatic carbocycles. The zero-order valence-corrected chi connectivity index (χ0v) is 9.22. The van der Waals surface area contributed by atoms with Crippen molar-refractivity contribution in [2.24, 2.45) is 0 Å². The first-order chi connectivity index (χ1) is 6.79. The molecule has 2 rings (SSSR count). The van der Waals surface area contributed by atoms with E-state index in [1.165, 1.54) is 18.4 Å². The first kappa shape index (κ1) is 10.0. The highest BCUT2D eigenvalue weighted by Gasteiger charge is 2.24. The molecule has 76 valence electrons. The van der Waals surface area contributed by atoms with E-state index in [1.807, 2.05) is 12.1 Å². The lowest BCUT2D eigenvalue weighted by atomic mass is 10.0. The maximum Gasteiger partial charge on any atom is 0.0406 e. The third-order valence-corrected chi connectivity index (χ3v) is 2.95. The van der Waals surface area contributed by atoms with Crippen LogP contribution in [-0.2, 0) is 0 Å². The third kappa shape index (κ3) is 2.49. The summed E-state index contributed by atoms with van der Waals surface area (Å²) in [6.45, 7) is 2.22. The molecule has 0 heterocycles. The maximum atomic E-state index is 5.86. The predicted octanol–water partition coefficient (Wildman–Crippen LogP) is 3.54. The van der Waals surface area contributed by atoms with Crippen molar-refractivity contribution >= 4 is 11.6 Å². The van der Waals surface area contributed by atoms with Crippen molar-refractivity contribution in [3.8, 4) is 0 Å². The van der Waals surface area contributed by atoms with Gasteiger partial charge in [-0.15, -0.1) is 0 Å². The highest BCUT2D eigenvalue weighted by molar-refractivity contribution is 6.30. The van der Waals surface area contributed by atoms with Gasteiger partial charge in [0.2, 0.25) is 0 Å². The van der Waals surface area contributed by atoms with Crippen LogP contribution in [0.4, 0.5) is 0 Å². The molecule has 0 aromatic heterocycles. The van der Waals surface area contributed by atoms with Crippen molar-refractivity contribution in [1.82, 2.24) is 5.32 Å². The number of hydrogen-bond acceptors (Lipinski definition) is 1. The van der Waals surface area contributed by atoms with E-state index in [0.29, 0.717) is 6.04 Å². The van der Waals surface area contributed by atoms with E-state index >= 15 is 0 Å². The van der Waals surface area contributed by atoms with Crippen LogP contribution < -0.4 is 5.32 Å². The Hall–Kier alpha value is -0.530. The average Bonchev–Trinajstić information content (AvgIpc) is 3.00. The molecule has 1 N–H and O–H groups in total. The van der Waals surface area contributed by atoms with Gasteiger partial charge in [-0.25, -0.2) is 0 Å². The van der Waals surface area contributed by atoms with E-state index in [9.17, 15) is 0 Å². The summed E-state index contributed by atoms with van der Waals surface area (Å²) in [5, 5.41) is 4.45. The lowest BCUT2D eigenvalue weighted by molar-refractivity contribution is 0.516. The predicted molar refractivity (Wildman–Crippen MR) is 60.6 cm³/mol. The zero-order valence-electron chi connectivity index (χ0n) is 8.46. The molecule has 0 amide bonds. The molecule has 0 radical (unpaired) electrons. The average molecular weight is 210 g/mol. The molecule has 0 unspecified atom stereocenters. The summed E-state index contributed by atoms with van der Waals surface area (Å²) in [5.41, 5.74) is 1.35. The second kappa shape index (κ2) is 4.33. The molecule has 0 bridgehead atoms. The highest BCUT2D eigenvalue weighted by atomic mass is 35.5. The molecule has 1 fully saturated rings. The largest absolute Gasteiger partial charge is 0.307 e. The van der Waals surface area contributed by atoms with Gasteiger partial charge in [-0.2, -0.15) is 0 Å². The SMILES string of the molecule is CC[C@@H](NC1CC1)c1ccc(Cl)cc1. The Morgan fingerprint density at radius 1 is 1.36 bits per heavy atom. The molecular formula is C12H16ClN. The van der Waals surface area contributed by atoms with E-state index in [1.54, 1.807) is 0 Å². The molecule has 0 saturated heterocycles. The Morgan fingerprint density at radius 2 is 2.00 bits per heavy atom. The van der Waals surface area contributed by atoms with Gasteiger partial charge >= 0.3 is 0 Å². The summed E-state index contributed by atoms with van der Waals surface area (Å²) in [6.07, 6.45) is 3.81. The molecule has 1 atom stereocenters. The van der Waals surface area contributed by atoms with Crippen LogP contribution in [0.15, 0.2) is 24.3 Å². The van der Waals surface area contributed by atoms with Crippen molar-refractivity contribution in [3.63, 3.8) is 0 Å². The van der Waals surface area contributed by atoms with Crippen LogP contribution in [0.1, 0.15) is 37.8 Å². The summed E-state index contributed by atoms with van der Waals surface area (Å²) in [5.74, 6) is 0. The summed E-state index contributed by atoms with van der Waals surface area (Å²) >= 11 is 5.86. The minimum absolute atomic E-state index is 0.500. The van der Waals surface area contributed by atoms with Gasteiger partial charge in [0, 0.05) is 17.1 Å². The maximum absolute atomic E-state index is 5.86. The van der Waals surface area contributed by atoms with Gasteiger partial charge in [0.1, 0.15) is 0 Å². The number of hydrogen-bond donors (Lipinski definition) is 1. The number of rotatable bonds is 4. The first-order valence-electron chi connectivity index (χ1n) is 5.31. The van der Waals surface area contributed by atoms with E-state index in [2.05, 4.69) is 24.4 Å². The Morgan fingerprint density at radius 3 is 2.50 bits per heavy atom. The van der Waals surface area contributed by atoms with Crippen LogP contribution in [-0.4, -0.2) is 6.04 Å². The fraction of sp³-hybridized carbons (Fsp3) is 0.500. The van der Waals surface area contributed by atoms with Crippen LogP contribution in [0.25, 0.3) is 0 Å². The van der Waals surface area contributed by atoms with Gasteiger partial charge in [-0.3, -0.25) is 0 Å².